The summed E-state index contributed by atoms with van der Waals surface area (Å²) in [6, 6.07) is 16.9. The summed E-state index contributed by atoms with van der Waals surface area (Å²) in [6.07, 6.45) is 0. The molecule has 0 amide bonds. The molecule has 2 aromatic carbocycles. The minimum absolute atomic E-state index is 0.0237. The molecule has 0 aromatic heterocycles. The van der Waals surface area contributed by atoms with Gasteiger partial charge in [0, 0.05) is 27.2 Å². The van der Waals surface area contributed by atoms with E-state index in [4.69, 9.17) is 9.98 Å². The Labute approximate surface area is 182 Å². The van der Waals surface area contributed by atoms with Gasteiger partial charge in [0.05, 0.1) is 11.4 Å². The number of nitrogens with zero attached hydrogens (tertiary/aromatic N) is 4. The summed E-state index contributed by atoms with van der Waals surface area (Å²) in [4.78, 5) is 14.8. The van der Waals surface area contributed by atoms with Crippen molar-refractivity contribution >= 4 is 23.0 Å². The van der Waals surface area contributed by atoms with Crippen LogP contribution in [0.5, 0.6) is 0 Å². The fourth-order valence-corrected chi connectivity index (χ4v) is 3.76. The maximum absolute atomic E-state index is 5.16. The van der Waals surface area contributed by atoms with E-state index >= 15 is 0 Å². The molecule has 0 unspecified atom stereocenters. The van der Waals surface area contributed by atoms with Gasteiger partial charge < -0.3 is 9.80 Å². The van der Waals surface area contributed by atoms with Crippen LogP contribution in [0.25, 0.3) is 0 Å². The normalized spacial score (nSPS) is 18.4. The Morgan fingerprint density at radius 3 is 1.27 bits per heavy atom. The number of hydrogen-bond acceptors (Lipinski definition) is 2. The highest BCUT2D eigenvalue weighted by Gasteiger charge is 2.27. The Kier molecular flexibility index (Phi) is 6.07. The minimum atomic E-state index is 0.0237. The molecule has 3 rings (SSSR count). The maximum atomic E-state index is 5.16. The van der Waals surface area contributed by atoms with Crippen LogP contribution in [-0.4, -0.2) is 48.7 Å². The van der Waals surface area contributed by atoms with E-state index in [1.54, 1.807) is 0 Å². The van der Waals surface area contributed by atoms with E-state index in [-0.39, 0.29) is 10.8 Å². The summed E-state index contributed by atoms with van der Waals surface area (Å²) in [5.41, 5.74) is 4.56. The number of piperazine rings is 1. The van der Waals surface area contributed by atoms with Crippen molar-refractivity contribution in [2.24, 2.45) is 9.98 Å². The molecule has 4 heteroatoms. The van der Waals surface area contributed by atoms with Crippen LogP contribution in [0.1, 0.15) is 52.7 Å². The predicted molar refractivity (Wildman–Crippen MR) is 130 cm³/mol. The quantitative estimate of drug-likeness (QED) is 0.622. The molecule has 1 aliphatic heterocycles. The number of likely N-dealkylation sites (N-methyl/N-ethyl adjacent to an activating group) is 2. The van der Waals surface area contributed by atoms with Crippen LogP contribution < -0.4 is 0 Å². The second kappa shape index (κ2) is 8.25. The first kappa shape index (κ1) is 22.1. The second-order valence-corrected chi connectivity index (χ2v) is 10.2. The fourth-order valence-electron chi connectivity index (χ4n) is 3.76. The van der Waals surface area contributed by atoms with E-state index in [0.29, 0.717) is 0 Å². The van der Waals surface area contributed by atoms with Crippen molar-refractivity contribution in [2.45, 2.75) is 52.4 Å². The Bertz CT molecular complexity index is 878. The molecule has 0 N–H and O–H groups in total. The van der Waals surface area contributed by atoms with Crippen LogP contribution >= 0.6 is 0 Å². The molecular formula is C26H36N4. The van der Waals surface area contributed by atoms with E-state index in [2.05, 4.69) is 114 Å². The van der Waals surface area contributed by atoms with Crippen LogP contribution in [0, 0.1) is 0 Å². The summed E-state index contributed by atoms with van der Waals surface area (Å²) in [7, 11) is 4.22. The summed E-state index contributed by atoms with van der Waals surface area (Å²) in [5, 5.41) is 0. The third kappa shape index (κ3) is 4.75. The Balaban J connectivity index is 2.17. The number of rotatable bonds is 2. The summed E-state index contributed by atoms with van der Waals surface area (Å²) >= 11 is 0. The zero-order valence-electron chi connectivity index (χ0n) is 19.8. The van der Waals surface area contributed by atoms with Gasteiger partial charge in [0.2, 0.25) is 0 Å². The SMILES string of the molecule is CN1CCN(C)C(=Nc2ccccc2C(C)(C)C)C1=Nc1ccccc1C(C)(C)C. The van der Waals surface area contributed by atoms with Crippen LogP contribution in [-0.2, 0) is 10.8 Å². The van der Waals surface area contributed by atoms with Gasteiger partial charge in [0.25, 0.3) is 0 Å². The van der Waals surface area contributed by atoms with E-state index in [9.17, 15) is 0 Å². The molecule has 160 valence electrons. The van der Waals surface area contributed by atoms with Crippen molar-refractivity contribution in [3.63, 3.8) is 0 Å². The molecule has 0 bridgehead atoms. The molecule has 0 aliphatic carbocycles. The Morgan fingerprint density at radius 1 is 0.600 bits per heavy atom. The monoisotopic (exact) mass is 404 g/mol. The van der Waals surface area contributed by atoms with Crippen molar-refractivity contribution < 1.29 is 0 Å². The first-order chi connectivity index (χ1) is 14.0. The molecule has 4 nitrogen and oxygen atoms in total. The van der Waals surface area contributed by atoms with Gasteiger partial charge in [-0.25, -0.2) is 9.98 Å². The molecule has 2 aromatic rings. The van der Waals surface area contributed by atoms with Gasteiger partial charge in [0.15, 0.2) is 11.7 Å². The van der Waals surface area contributed by atoms with Crippen LogP contribution in [0.15, 0.2) is 58.5 Å². The lowest BCUT2D eigenvalue weighted by molar-refractivity contribution is 0.386. The fraction of sp³-hybridized carbons (Fsp3) is 0.462. The highest BCUT2D eigenvalue weighted by molar-refractivity contribution is 6.41. The van der Waals surface area contributed by atoms with Crippen molar-refractivity contribution in [1.82, 2.24) is 9.80 Å². The molecule has 1 heterocycles. The maximum Gasteiger partial charge on any atom is 0.172 e. The Morgan fingerprint density at radius 2 is 0.933 bits per heavy atom. The number of amidine groups is 2. The van der Waals surface area contributed by atoms with E-state index in [1.165, 1.54) is 11.1 Å². The van der Waals surface area contributed by atoms with Gasteiger partial charge >= 0.3 is 0 Å². The summed E-state index contributed by atoms with van der Waals surface area (Å²) in [5.74, 6) is 1.84. The van der Waals surface area contributed by atoms with Crippen molar-refractivity contribution in [3.8, 4) is 0 Å². The second-order valence-electron chi connectivity index (χ2n) is 10.2. The van der Waals surface area contributed by atoms with Crippen molar-refractivity contribution in [3.05, 3.63) is 59.7 Å². The molecule has 1 aliphatic rings. The van der Waals surface area contributed by atoms with Gasteiger partial charge in [-0.3, -0.25) is 0 Å². The third-order valence-electron chi connectivity index (χ3n) is 5.57. The minimum Gasteiger partial charge on any atom is -0.355 e. The molecule has 1 fully saturated rings. The third-order valence-corrected chi connectivity index (χ3v) is 5.57. The smallest absolute Gasteiger partial charge is 0.172 e. The highest BCUT2D eigenvalue weighted by Crippen LogP contribution is 2.33. The largest absolute Gasteiger partial charge is 0.355 e. The zero-order valence-corrected chi connectivity index (χ0v) is 19.8. The topological polar surface area (TPSA) is 31.2 Å². The van der Waals surface area contributed by atoms with Gasteiger partial charge in [-0.15, -0.1) is 0 Å². The molecule has 1 saturated heterocycles. The van der Waals surface area contributed by atoms with Crippen molar-refractivity contribution in [1.29, 1.82) is 0 Å². The van der Waals surface area contributed by atoms with Gasteiger partial charge in [0.1, 0.15) is 0 Å². The number of benzene rings is 2. The van der Waals surface area contributed by atoms with E-state index in [1.807, 2.05) is 0 Å². The first-order valence-electron chi connectivity index (χ1n) is 10.8. The molecule has 0 spiro atoms. The first-order valence-corrected chi connectivity index (χ1v) is 10.8. The molecule has 0 radical (unpaired) electrons. The predicted octanol–water partition coefficient (Wildman–Crippen LogP) is 5.92. The standard InChI is InChI=1S/C26H36N4/c1-25(2,3)19-13-9-11-15-21(19)27-23-24(30(8)18-17-29(23)7)28-22-16-12-10-14-20(22)26(4,5)6/h9-16H,17-18H2,1-8H3. The van der Waals surface area contributed by atoms with Crippen LogP contribution in [0.3, 0.4) is 0 Å². The molecule has 30 heavy (non-hydrogen) atoms. The molecule has 0 atom stereocenters. The highest BCUT2D eigenvalue weighted by atomic mass is 15.3. The lowest BCUT2D eigenvalue weighted by Gasteiger charge is -2.35. The van der Waals surface area contributed by atoms with Crippen LogP contribution in [0.4, 0.5) is 11.4 Å². The number of hydrogen-bond donors (Lipinski definition) is 0. The molecule has 0 saturated carbocycles. The summed E-state index contributed by atoms with van der Waals surface area (Å²) < 4.78 is 0. The average molecular weight is 405 g/mol. The number of aliphatic imine (C=N–C) groups is 2. The van der Waals surface area contributed by atoms with Gasteiger partial charge in [-0.05, 0) is 34.1 Å². The lowest BCUT2D eigenvalue weighted by atomic mass is 9.86. The molecular weight excluding hydrogens is 368 g/mol. The van der Waals surface area contributed by atoms with E-state index < -0.39 is 0 Å². The van der Waals surface area contributed by atoms with Crippen LogP contribution in [0.2, 0.25) is 0 Å². The Hall–Kier alpha value is -2.62. The van der Waals surface area contributed by atoms with E-state index in [0.717, 1.165) is 36.1 Å². The lowest BCUT2D eigenvalue weighted by Crippen LogP contribution is -2.51. The zero-order chi connectivity index (χ0) is 22.1. The van der Waals surface area contributed by atoms with Gasteiger partial charge in [-0.1, -0.05) is 77.9 Å². The van der Waals surface area contributed by atoms with Crippen molar-refractivity contribution in [2.75, 3.05) is 27.2 Å². The average Bonchev–Trinajstić information content (AvgIpc) is 2.66. The van der Waals surface area contributed by atoms with Gasteiger partial charge in [-0.2, -0.15) is 0 Å². The summed E-state index contributed by atoms with van der Waals surface area (Å²) in [6.45, 7) is 15.2. The number of para-hydroxylation sites is 2.